The summed E-state index contributed by atoms with van der Waals surface area (Å²) >= 11 is 7.27. The molecule has 0 aliphatic rings. The molecule has 0 aliphatic carbocycles. The number of rotatable bonds is 5. The zero-order valence-corrected chi connectivity index (χ0v) is 16.7. The standard InChI is InChI=1S/C18H16N2S4/c1-11-3-5-13-15(9-11)23-17(19-13)21-7-8-22-18-20-14-6-4-12(2)10-16(14)24-18/h3-6,9-10H,7-8H2,1-2H3. The summed E-state index contributed by atoms with van der Waals surface area (Å²) in [5, 5.41) is 0. The number of thiazole rings is 2. The fraction of sp³-hybridized carbons (Fsp3) is 0.222. The average molecular weight is 389 g/mol. The molecule has 6 heteroatoms. The first-order chi connectivity index (χ1) is 11.7. The molecule has 0 unspecified atom stereocenters. The molecule has 0 spiro atoms. The Bertz CT molecular complexity index is 921. The minimum absolute atomic E-state index is 1.05. The number of hydrogen-bond acceptors (Lipinski definition) is 6. The lowest BCUT2D eigenvalue weighted by Crippen LogP contribution is -1.83. The SMILES string of the molecule is Cc1ccc2nc(SCCSc3nc4ccc(C)cc4s3)sc2c1. The van der Waals surface area contributed by atoms with E-state index in [1.165, 1.54) is 20.5 Å². The zero-order chi connectivity index (χ0) is 16.5. The van der Waals surface area contributed by atoms with Gasteiger partial charge in [-0.25, -0.2) is 9.97 Å². The molecular weight excluding hydrogens is 372 g/mol. The quantitative estimate of drug-likeness (QED) is 0.291. The Hall–Kier alpha value is -1.08. The Morgan fingerprint density at radius 2 is 1.21 bits per heavy atom. The predicted molar refractivity (Wildman–Crippen MR) is 110 cm³/mol. The van der Waals surface area contributed by atoms with Gasteiger partial charge in [-0.05, 0) is 49.2 Å². The van der Waals surface area contributed by atoms with Crippen molar-refractivity contribution in [3.8, 4) is 0 Å². The van der Waals surface area contributed by atoms with Crippen LogP contribution in [-0.4, -0.2) is 21.5 Å². The molecule has 0 radical (unpaired) electrons. The van der Waals surface area contributed by atoms with Crippen molar-refractivity contribution in [2.45, 2.75) is 22.5 Å². The van der Waals surface area contributed by atoms with Crippen LogP contribution in [0.2, 0.25) is 0 Å². The van der Waals surface area contributed by atoms with E-state index in [0.29, 0.717) is 0 Å². The third kappa shape index (κ3) is 3.61. The van der Waals surface area contributed by atoms with Crippen molar-refractivity contribution in [1.29, 1.82) is 0 Å². The van der Waals surface area contributed by atoms with Gasteiger partial charge in [-0.2, -0.15) is 0 Å². The van der Waals surface area contributed by atoms with Gasteiger partial charge in [0, 0.05) is 11.5 Å². The normalized spacial score (nSPS) is 11.6. The van der Waals surface area contributed by atoms with Crippen LogP contribution in [0.15, 0.2) is 45.1 Å². The fourth-order valence-electron chi connectivity index (χ4n) is 2.40. The molecule has 0 bridgehead atoms. The minimum Gasteiger partial charge on any atom is -0.230 e. The van der Waals surface area contributed by atoms with Crippen LogP contribution in [0.3, 0.4) is 0 Å². The number of aryl methyl sites for hydroxylation is 2. The van der Waals surface area contributed by atoms with Crippen LogP contribution in [0.4, 0.5) is 0 Å². The summed E-state index contributed by atoms with van der Waals surface area (Å²) in [4.78, 5) is 9.40. The second kappa shape index (κ2) is 7.04. The molecular formula is C18H16N2S4. The van der Waals surface area contributed by atoms with Gasteiger partial charge >= 0.3 is 0 Å². The van der Waals surface area contributed by atoms with Gasteiger partial charge in [0.05, 0.1) is 20.4 Å². The van der Waals surface area contributed by atoms with E-state index < -0.39 is 0 Å². The number of aromatic nitrogens is 2. The Kier molecular flexibility index (Phi) is 4.81. The molecule has 2 aromatic heterocycles. The fourth-order valence-corrected chi connectivity index (χ4v) is 6.84. The Morgan fingerprint density at radius 3 is 1.67 bits per heavy atom. The molecule has 24 heavy (non-hydrogen) atoms. The largest absolute Gasteiger partial charge is 0.230 e. The molecule has 0 amide bonds. The van der Waals surface area contributed by atoms with E-state index in [2.05, 4.69) is 50.2 Å². The summed E-state index contributed by atoms with van der Waals surface area (Å²) in [7, 11) is 0. The molecule has 0 fully saturated rings. The van der Waals surface area contributed by atoms with E-state index in [4.69, 9.17) is 9.97 Å². The summed E-state index contributed by atoms with van der Waals surface area (Å²) in [6, 6.07) is 12.9. The van der Waals surface area contributed by atoms with Crippen molar-refractivity contribution in [3.63, 3.8) is 0 Å². The van der Waals surface area contributed by atoms with Gasteiger partial charge in [0.1, 0.15) is 0 Å². The summed E-state index contributed by atoms with van der Waals surface area (Å²) in [5.41, 5.74) is 4.82. The van der Waals surface area contributed by atoms with E-state index in [1.807, 2.05) is 23.5 Å². The number of hydrogen-bond donors (Lipinski definition) is 0. The van der Waals surface area contributed by atoms with Crippen LogP contribution in [0.1, 0.15) is 11.1 Å². The monoisotopic (exact) mass is 388 g/mol. The van der Waals surface area contributed by atoms with Crippen LogP contribution >= 0.6 is 46.2 Å². The second-order valence-corrected chi connectivity index (χ2v) is 10.3. The van der Waals surface area contributed by atoms with Crippen molar-refractivity contribution in [2.24, 2.45) is 0 Å². The Labute approximate surface area is 157 Å². The molecule has 2 heterocycles. The van der Waals surface area contributed by atoms with Crippen molar-refractivity contribution in [3.05, 3.63) is 47.5 Å². The van der Waals surface area contributed by atoms with Crippen LogP contribution in [0, 0.1) is 13.8 Å². The predicted octanol–water partition coefficient (Wildman–Crippen LogP) is 6.41. The summed E-state index contributed by atoms with van der Waals surface area (Å²) in [6.07, 6.45) is 0. The first-order valence-corrected chi connectivity index (χ1v) is 11.3. The maximum absolute atomic E-state index is 4.70. The van der Waals surface area contributed by atoms with Gasteiger partial charge < -0.3 is 0 Å². The first kappa shape index (κ1) is 16.4. The zero-order valence-electron chi connectivity index (χ0n) is 13.4. The smallest absolute Gasteiger partial charge is 0.151 e. The Morgan fingerprint density at radius 1 is 0.750 bits per heavy atom. The number of thioether (sulfide) groups is 2. The molecule has 122 valence electrons. The molecule has 0 atom stereocenters. The highest BCUT2D eigenvalue weighted by molar-refractivity contribution is 8.04. The maximum Gasteiger partial charge on any atom is 0.151 e. The van der Waals surface area contributed by atoms with Gasteiger partial charge in [-0.1, -0.05) is 35.7 Å². The van der Waals surface area contributed by atoms with Crippen LogP contribution in [0.25, 0.3) is 20.4 Å². The van der Waals surface area contributed by atoms with Gasteiger partial charge in [-0.3, -0.25) is 0 Å². The van der Waals surface area contributed by atoms with Crippen molar-refractivity contribution >= 4 is 66.6 Å². The third-order valence-electron chi connectivity index (χ3n) is 3.58. The lowest BCUT2D eigenvalue weighted by Gasteiger charge is -1.95. The molecule has 2 nitrogen and oxygen atoms in total. The number of fused-ring (bicyclic) bond motifs is 2. The number of benzene rings is 2. The van der Waals surface area contributed by atoms with Crippen LogP contribution in [0.5, 0.6) is 0 Å². The topological polar surface area (TPSA) is 25.8 Å². The minimum atomic E-state index is 1.05. The molecule has 4 aromatic rings. The van der Waals surface area contributed by atoms with E-state index in [0.717, 1.165) is 31.2 Å². The molecule has 0 saturated heterocycles. The Balaban J connectivity index is 1.36. The van der Waals surface area contributed by atoms with Gasteiger partial charge in [0.15, 0.2) is 8.68 Å². The summed E-state index contributed by atoms with van der Waals surface area (Å²) in [5.74, 6) is 2.11. The number of nitrogens with zero attached hydrogens (tertiary/aromatic N) is 2. The van der Waals surface area contributed by atoms with E-state index in [9.17, 15) is 0 Å². The lowest BCUT2D eigenvalue weighted by molar-refractivity contribution is 1.29. The van der Waals surface area contributed by atoms with Gasteiger partial charge in [-0.15, -0.1) is 22.7 Å². The van der Waals surface area contributed by atoms with Gasteiger partial charge in [0.2, 0.25) is 0 Å². The van der Waals surface area contributed by atoms with Crippen molar-refractivity contribution in [1.82, 2.24) is 9.97 Å². The van der Waals surface area contributed by atoms with E-state index >= 15 is 0 Å². The maximum atomic E-state index is 4.70. The summed E-state index contributed by atoms with van der Waals surface area (Å²) in [6.45, 7) is 4.25. The highest BCUT2D eigenvalue weighted by Crippen LogP contribution is 2.33. The van der Waals surface area contributed by atoms with Crippen LogP contribution < -0.4 is 0 Å². The lowest BCUT2D eigenvalue weighted by atomic mass is 10.2. The van der Waals surface area contributed by atoms with Crippen molar-refractivity contribution in [2.75, 3.05) is 11.5 Å². The van der Waals surface area contributed by atoms with Crippen LogP contribution in [-0.2, 0) is 0 Å². The second-order valence-electron chi connectivity index (χ2n) is 5.60. The molecule has 2 aromatic carbocycles. The van der Waals surface area contributed by atoms with Gasteiger partial charge in [0.25, 0.3) is 0 Å². The molecule has 4 rings (SSSR count). The highest BCUT2D eigenvalue weighted by Gasteiger charge is 2.07. The average Bonchev–Trinajstić information content (AvgIpc) is 3.13. The molecule has 0 N–H and O–H groups in total. The molecule has 0 saturated carbocycles. The summed E-state index contributed by atoms with van der Waals surface area (Å²) < 4.78 is 4.89. The highest BCUT2D eigenvalue weighted by atomic mass is 32.2. The van der Waals surface area contributed by atoms with Crippen molar-refractivity contribution < 1.29 is 0 Å². The molecule has 0 aliphatic heterocycles. The third-order valence-corrected chi connectivity index (χ3v) is 8.17. The van der Waals surface area contributed by atoms with E-state index in [1.54, 1.807) is 22.7 Å². The van der Waals surface area contributed by atoms with E-state index in [-0.39, 0.29) is 0 Å². The first-order valence-electron chi connectivity index (χ1n) is 7.67.